The van der Waals surface area contributed by atoms with Crippen LogP contribution < -0.4 is 19.3 Å². The molecule has 0 unspecified atom stereocenters. The summed E-state index contributed by atoms with van der Waals surface area (Å²) in [5.41, 5.74) is 3.54. The van der Waals surface area contributed by atoms with E-state index in [4.69, 9.17) is 28.7 Å². The molecule has 4 atom stereocenters. The molecule has 0 radical (unpaired) electrons. The quantitative estimate of drug-likeness (QED) is 0.362. The van der Waals surface area contributed by atoms with Crippen LogP contribution in [0.2, 0.25) is 0 Å². The number of phosphoric acid groups is 1. The van der Waals surface area contributed by atoms with Crippen molar-refractivity contribution in [3.63, 3.8) is 0 Å². The molecular formula is C16H18NO8P-2. The van der Waals surface area contributed by atoms with Gasteiger partial charge in [0.25, 0.3) is 0 Å². The highest BCUT2D eigenvalue weighted by Gasteiger charge is 2.48. The molecule has 3 N–H and O–H groups in total. The molecule has 1 saturated heterocycles. The van der Waals surface area contributed by atoms with Crippen molar-refractivity contribution in [2.75, 3.05) is 13.3 Å². The van der Waals surface area contributed by atoms with E-state index in [0.717, 1.165) is 36.6 Å². The fourth-order valence-corrected chi connectivity index (χ4v) is 4.35. The molecule has 142 valence electrons. The average Bonchev–Trinajstić information content (AvgIpc) is 3.14. The SMILES string of the molecule is O=P([O-])([O-])O.O[C@H]1[C@H]2c3cc4c(cc3CN3CCC(=C[C@@H]1O)[C@H]23)OCO4. The van der Waals surface area contributed by atoms with Gasteiger partial charge in [-0.25, -0.2) is 0 Å². The average molecular weight is 383 g/mol. The maximum atomic E-state index is 10.5. The molecular weight excluding hydrogens is 365 g/mol. The summed E-state index contributed by atoms with van der Waals surface area (Å²) in [6, 6.07) is 4.25. The number of aliphatic hydroxyl groups excluding tert-OH is 2. The Morgan fingerprint density at radius 1 is 1.19 bits per heavy atom. The molecule has 1 aromatic rings. The molecule has 9 nitrogen and oxygen atoms in total. The molecule has 1 aromatic carbocycles. The third kappa shape index (κ3) is 3.16. The zero-order valence-corrected chi connectivity index (χ0v) is 14.5. The van der Waals surface area contributed by atoms with Gasteiger partial charge in [0.1, 0.15) is 0 Å². The molecule has 0 aromatic heterocycles. The standard InChI is InChI=1S/C16H17NO4.H3O4P/c18-11-3-8-1-2-17-6-9-4-12-13(21-7-20-12)5-10(9)14(15(8)17)16(11)19;1-5(2,3)4/h3-5,11,14-16,18-19H,1-2,6-7H2;(H3,1,2,3,4)/p-2/t11-,14-,15+,16+;/m0./s1. The summed E-state index contributed by atoms with van der Waals surface area (Å²) in [4.78, 5) is 26.7. The van der Waals surface area contributed by atoms with Crippen LogP contribution in [0.5, 0.6) is 11.5 Å². The molecule has 10 heteroatoms. The highest BCUT2D eigenvalue weighted by atomic mass is 31.2. The number of ether oxygens (including phenoxy) is 2. The van der Waals surface area contributed by atoms with Crippen molar-refractivity contribution < 1.29 is 38.9 Å². The second-order valence-electron chi connectivity index (χ2n) is 6.79. The molecule has 3 aliphatic heterocycles. The summed E-state index contributed by atoms with van der Waals surface area (Å²) in [5.74, 6) is 1.45. The van der Waals surface area contributed by atoms with Crippen molar-refractivity contribution in [1.29, 1.82) is 0 Å². The van der Waals surface area contributed by atoms with Gasteiger partial charge in [0.05, 0.1) is 20.0 Å². The Bertz CT molecular complexity index is 797. The summed E-state index contributed by atoms with van der Waals surface area (Å²) in [6.07, 6.45) is 1.28. The minimum Gasteiger partial charge on any atom is -0.790 e. The fraction of sp³-hybridized carbons (Fsp3) is 0.500. The highest BCUT2D eigenvalue weighted by molar-refractivity contribution is 7.42. The monoisotopic (exact) mass is 383 g/mol. The topological polar surface area (TPSA) is 146 Å². The van der Waals surface area contributed by atoms with Crippen LogP contribution in [-0.2, 0) is 11.1 Å². The van der Waals surface area contributed by atoms with Crippen molar-refractivity contribution in [2.24, 2.45) is 0 Å². The Hall–Kier alpha value is -1.45. The van der Waals surface area contributed by atoms with E-state index in [-0.39, 0.29) is 18.8 Å². The van der Waals surface area contributed by atoms with Gasteiger partial charge in [0.15, 0.2) is 11.5 Å². The van der Waals surface area contributed by atoms with Gasteiger partial charge < -0.3 is 38.9 Å². The van der Waals surface area contributed by atoms with Crippen LogP contribution in [0.1, 0.15) is 23.5 Å². The first-order valence-corrected chi connectivity index (χ1v) is 9.70. The summed E-state index contributed by atoms with van der Waals surface area (Å²) in [7, 11) is -5.14. The van der Waals surface area contributed by atoms with Gasteiger partial charge in [-0.15, -0.1) is 0 Å². The van der Waals surface area contributed by atoms with E-state index >= 15 is 0 Å². The van der Waals surface area contributed by atoms with E-state index in [1.165, 1.54) is 11.1 Å². The zero-order chi connectivity index (χ0) is 18.6. The third-order valence-electron chi connectivity index (χ3n) is 5.27. The summed E-state index contributed by atoms with van der Waals surface area (Å²) in [6.45, 7) is 2.11. The number of benzene rings is 1. The van der Waals surface area contributed by atoms with E-state index in [0.29, 0.717) is 0 Å². The Balaban J connectivity index is 0.000000301. The van der Waals surface area contributed by atoms with Gasteiger partial charge >= 0.3 is 0 Å². The Labute approximate surface area is 149 Å². The smallest absolute Gasteiger partial charge is 0.231 e. The van der Waals surface area contributed by atoms with Crippen molar-refractivity contribution in [3.8, 4) is 11.5 Å². The zero-order valence-electron chi connectivity index (χ0n) is 13.6. The van der Waals surface area contributed by atoms with E-state index in [9.17, 15) is 10.2 Å². The predicted molar refractivity (Wildman–Crippen MR) is 84.0 cm³/mol. The van der Waals surface area contributed by atoms with Gasteiger partial charge in [-0.05, 0) is 29.7 Å². The lowest BCUT2D eigenvalue weighted by Gasteiger charge is -2.44. The first-order chi connectivity index (χ1) is 12.2. The number of hydrogen-bond donors (Lipinski definition) is 3. The normalized spacial score (nSPS) is 31.5. The molecule has 0 spiro atoms. The van der Waals surface area contributed by atoms with Gasteiger partial charge in [-0.3, -0.25) is 4.90 Å². The van der Waals surface area contributed by atoms with E-state index in [2.05, 4.69) is 4.90 Å². The second-order valence-corrected chi connectivity index (χ2v) is 7.72. The third-order valence-corrected chi connectivity index (χ3v) is 5.27. The maximum Gasteiger partial charge on any atom is 0.231 e. The molecule has 0 amide bonds. The first kappa shape index (κ1) is 17.9. The second kappa shape index (κ2) is 6.31. The lowest BCUT2D eigenvalue weighted by molar-refractivity contribution is -0.337. The lowest BCUT2D eigenvalue weighted by Crippen LogP contribution is -2.49. The molecule has 0 saturated carbocycles. The summed E-state index contributed by atoms with van der Waals surface area (Å²) >= 11 is 0. The van der Waals surface area contributed by atoms with Gasteiger partial charge in [0, 0.05) is 25.0 Å². The number of rotatable bonds is 0. The Kier molecular flexibility index (Phi) is 4.36. The van der Waals surface area contributed by atoms with E-state index in [1.54, 1.807) is 0 Å². The van der Waals surface area contributed by atoms with Crippen LogP contribution in [0.15, 0.2) is 23.8 Å². The van der Waals surface area contributed by atoms with Crippen LogP contribution in [0, 0.1) is 0 Å². The van der Waals surface area contributed by atoms with Crippen LogP contribution in [-0.4, -0.2) is 51.6 Å². The van der Waals surface area contributed by atoms with Crippen molar-refractivity contribution >= 4 is 7.82 Å². The number of fused-ring (bicyclic) bond motifs is 3. The van der Waals surface area contributed by atoms with E-state index in [1.807, 2.05) is 18.2 Å². The number of hydrogen-bond acceptors (Lipinski definition) is 8. The summed E-state index contributed by atoms with van der Waals surface area (Å²) in [5, 5.41) is 20.7. The summed E-state index contributed by atoms with van der Waals surface area (Å²) < 4.78 is 19.6. The Morgan fingerprint density at radius 2 is 1.85 bits per heavy atom. The van der Waals surface area contributed by atoms with E-state index < -0.39 is 20.0 Å². The molecule has 1 fully saturated rings. The van der Waals surface area contributed by atoms with Crippen LogP contribution in [0.25, 0.3) is 0 Å². The lowest BCUT2D eigenvalue weighted by atomic mass is 9.73. The largest absolute Gasteiger partial charge is 0.790 e. The fourth-order valence-electron chi connectivity index (χ4n) is 4.35. The van der Waals surface area contributed by atoms with Crippen molar-refractivity contribution in [3.05, 3.63) is 34.9 Å². The van der Waals surface area contributed by atoms with Crippen LogP contribution in [0.3, 0.4) is 0 Å². The van der Waals surface area contributed by atoms with Gasteiger partial charge in [0.2, 0.25) is 6.79 Å². The highest BCUT2D eigenvalue weighted by Crippen LogP contribution is 2.49. The number of nitrogens with zero attached hydrogens (tertiary/aromatic N) is 1. The predicted octanol–water partition coefficient (Wildman–Crippen LogP) is -1.44. The molecule has 1 aliphatic carbocycles. The maximum absolute atomic E-state index is 10.5. The van der Waals surface area contributed by atoms with Crippen molar-refractivity contribution in [2.45, 2.75) is 37.1 Å². The molecule has 0 bridgehead atoms. The molecule has 4 aliphatic rings. The minimum atomic E-state index is -5.14. The first-order valence-electron chi connectivity index (χ1n) is 8.20. The van der Waals surface area contributed by atoms with Crippen LogP contribution in [0.4, 0.5) is 0 Å². The van der Waals surface area contributed by atoms with Gasteiger partial charge in [-0.1, -0.05) is 11.6 Å². The molecule has 26 heavy (non-hydrogen) atoms. The molecule has 3 heterocycles. The molecule has 5 rings (SSSR count). The van der Waals surface area contributed by atoms with Crippen LogP contribution >= 0.6 is 7.82 Å². The van der Waals surface area contributed by atoms with Crippen molar-refractivity contribution in [1.82, 2.24) is 4.90 Å². The Morgan fingerprint density at radius 3 is 2.54 bits per heavy atom. The minimum absolute atomic E-state index is 0.0826. The van der Waals surface area contributed by atoms with Gasteiger partial charge in [-0.2, -0.15) is 0 Å². The number of aliphatic hydroxyl groups is 2.